The number of hydrogen-bond donors (Lipinski definition) is 2. The van der Waals surface area contributed by atoms with Crippen LogP contribution in [0, 0.1) is 18.8 Å². The van der Waals surface area contributed by atoms with Crippen LogP contribution in [0.3, 0.4) is 0 Å². The summed E-state index contributed by atoms with van der Waals surface area (Å²) in [4.78, 5) is 0. The van der Waals surface area contributed by atoms with Gasteiger partial charge in [-0.3, -0.25) is 0 Å². The molecule has 3 radical (unpaired) electrons. The van der Waals surface area contributed by atoms with Crippen LogP contribution in [0.15, 0.2) is 0 Å². The third-order valence-electron chi connectivity index (χ3n) is 2.29. The Bertz CT molecular complexity index is 123. The van der Waals surface area contributed by atoms with Gasteiger partial charge in [0.1, 0.15) is 0 Å². The van der Waals surface area contributed by atoms with E-state index < -0.39 is 12.2 Å². The average Bonchev–Trinajstić information content (AvgIpc) is 2.09. The maximum Gasteiger partial charge on any atom is 0.0656 e. The van der Waals surface area contributed by atoms with Gasteiger partial charge in [-0.1, -0.05) is 6.32 Å². The van der Waals surface area contributed by atoms with E-state index in [-0.39, 0.29) is 44.5 Å². The standard InChI is InChI=1S/C7H12BO2.Y/c1-4-5(3-8)7(10)2-6(4)9;/h4-7,9-10H,1-3H2;/q-1;. The molecule has 4 heteroatoms. The maximum atomic E-state index is 9.25. The predicted octanol–water partition coefficient (Wildman–Crippen LogP) is -0.237. The minimum absolute atomic E-state index is 0. The molecule has 1 aliphatic carbocycles. The molecule has 1 saturated carbocycles. The molecule has 4 atom stereocenters. The Morgan fingerprint density at radius 2 is 1.91 bits per heavy atom. The quantitative estimate of drug-likeness (QED) is 0.480. The molecule has 1 fully saturated rings. The number of aliphatic hydroxyl groups is 2. The Balaban J connectivity index is 0.000001000. The van der Waals surface area contributed by atoms with E-state index in [1.165, 1.54) is 0 Å². The Morgan fingerprint density at radius 3 is 2.09 bits per heavy atom. The summed E-state index contributed by atoms with van der Waals surface area (Å²) in [5, 5.41) is 18.4. The SMILES string of the molecule is [B]CC1C(O)CC(O)C1[CH2-].[Y]. The molecular formula is C7H12BO2Y-. The monoisotopic (exact) mass is 228 g/mol. The Kier molecular flexibility index (Phi) is 5.45. The van der Waals surface area contributed by atoms with Gasteiger partial charge in [0.05, 0.1) is 14.0 Å². The Hall–Kier alpha value is 1.09. The second-order valence-electron chi connectivity index (χ2n) is 2.93. The summed E-state index contributed by atoms with van der Waals surface area (Å²) < 4.78 is 0. The molecule has 11 heavy (non-hydrogen) atoms. The van der Waals surface area contributed by atoms with Gasteiger partial charge in [0.15, 0.2) is 0 Å². The zero-order chi connectivity index (χ0) is 7.72. The molecule has 0 spiro atoms. The molecule has 0 heterocycles. The van der Waals surface area contributed by atoms with E-state index in [4.69, 9.17) is 7.85 Å². The summed E-state index contributed by atoms with van der Waals surface area (Å²) in [6.07, 6.45) is -0.0892. The minimum atomic E-state index is -0.469. The van der Waals surface area contributed by atoms with Gasteiger partial charge in [-0.15, -0.1) is 5.92 Å². The van der Waals surface area contributed by atoms with E-state index in [9.17, 15) is 10.2 Å². The fourth-order valence-corrected chi connectivity index (χ4v) is 1.50. The Labute approximate surface area is 94.0 Å². The fourth-order valence-electron chi connectivity index (χ4n) is 1.50. The zero-order valence-electron chi connectivity index (χ0n) is 6.48. The predicted molar refractivity (Wildman–Crippen MR) is 39.5 cm³/mol. The summed E-state index contributed by atoms with van der Waals surface area (Å²) in [6, 6.07) is 0. The van der Waals surface area contributed by atoms with Crippen molar-refractivity contribution in [3.63, 3.8) is 0 Å². The first-order chi connectivity index (χ1) is 4.66. The summed E-state index contributed by atoms with van der Waals surface area (Å²) in [7, 11) is 5.37. The van der Waals surface area contributed by atoms with E-state index >= 15 is 0 Å². The first-order valence-corrected chi connectivity index (χ1v) is 3.56. The summed E-state index contributed by atoms with van der Waals surface area (Å²) in [6.45, 7) is 3.73. The number of aliphatic hydroxyl groups excluding tert-OH is 2. The van der Waals surface area contributed by atoms with Crippen LogP contribution in [0.1, 0.15) is 6.42 Å². The first kappa shape index (κ1) is 12.1. The average molecular weight is 228 g/mol. The summed E-state index contributed by atoms with van der Waals surface area (Å²) in [5.74, 6) is -0.116. The van der Waals surface area contributed by atoms with Crippen LogP contribution in [0.2, 0.25) is 6.32 Å². The molecule has 0 aliphatic heterocycles. The van der Waals surface area contributed by atoms with Crippen LogP contribution in [-0.2, 0) is 32.7 Å². The van der Waals surface area contributed by atoms with Crippen LogP contribution < -0.4 is 0 Å². The molecular weight excluding hydrogens is 216 g/mol. The molecule has 0 saturated heterocycles. The molecule has 0 aromatic rings. The molecule has 0 aromatic heterocycles. The molecule has 2 nitrogen and oxygen atoms in total. The normalized spacial score (nSPS) is 43.5. The van der Waals surface area contributed by atoms with Gasteiger partial charge in [-0.2, -0.15) is 0 Å². The largest absolute Gasteiger partial charge is 0.395 e. The van der Waals surface area contributed by atoms with Crippen molar-refractivity contribution >= 4 is 7.85 Å². The minimum Gasteiger partial charge on any atom is -0.395 e. The van der Waals surface area contributed by atoms with Gasteiger partial charge in [0.25, 0.3) is 0 Å². The van der Waals surface area contributed by atoms with Crippen LogP contribution in [0.5, 0.6) is 0 Å². The third-order valence-corrected chi connectivity index (χ3v) is 2.29. The molecule has 0 aromatic carbocycles. The molecule has 2 N–H and O–H groups in total. The van der Waals surface area contributed by atoms with Gasteiger partial charge in [-0.05, 0) is 12.3 Å². The van der Waals surface area contributed by atoms with E-state index in [1.54, 1.807) is 0 Å². The van der Waals surface area contributed by atoms with Crippen LogP contribution in [0.4, 0.5) is 0 Å². The molecule has 59 valence electrons. The van der Waals surface area contributed by atoms with Crippen LogP contribution in [-0.4, -0.2) is 30.3 Å². The van der Waals surface area contributed by atoms with Crippen molar-refractivity contribution in [1.82, 2.24) is 0 Å². The third kappa shape index (κ3) is 2.51. The summed E-state index contributed by atoms with van der Waals surface area (Å²) in [5.41, 5.74) is 0. The molecule has 1 aliphatic rings. The van der Waals surface area contributed by atoms with Crippen molar-refractivity contribution in [2.75, 3.05) is 0 Å². The van der Waals surface area contributed by atoms with Gasteiger partial charge >= 0.3 is 0 Å². The number of rotatable bonds is 1. The van der Waals surface area contributed by atoms with E-state index in [0.29, 0.717) is 12.7 Å². The van der Waals surface area contributed by atoms with Crippen molar-refractivity contribution < 1.29 is 42.9 Å². The van der Waals surface area contributed by atoms with E-state index in [2.05, 4.69) is 6.92 Å². The van der Waals surface area contributed by atoms with Gasteiger partial charge < -0.3 is 17.1 Å². The fraction of sp³-hybridized carbons (Fsp3) is 0.857. The van der Waals surface area contributed by atoms with Crippen molar-refractivity contribution in [1.29, 1.82) is 0 Å². The molecule has 4 unspecified atom stereocenters. The van der Waals surface area contributed by atoms with Gasteiger partial charge in [0, 0.05) is 38.8 Å². The van der Waals surface area contributed by atoms with E-state index in [0.717, 1.165) is 0 Å². The van der Waals surface area contributed by atoms with Gasteiger partial charge in [-0.25, -0.2) is 0 Å². The summed E-state index contributed by atoms with van der Waals surface area (Å²) >= 11 is 0. The smallest absolute Gasteiger partial charge is 0.0656 e. The van der Waals surface area contributed by atoms with Crippen molar-refractivity contribution in [3.8, 4) is 0 Å². The van der Waals surface area contributed by atoms with Crippen LogP contribution in [0.25, 0.3) is 0 Å². The number of hydrogen-bond acceptors (Lipinski definition) is 2. The second-order valence-corrected chi connectivity index (χ2v) is 2.93. The van der Waals surface area contributed by atoms with E-state index in [1.807, 2.05) is 0 Å². The van der Waals surface area contributed by atoms with Crippen molar-refractivity contribution in [2.45, 2.75) is 24.9 Å². The van der Waals surface area contributed by atoms with Gasteiger partial charge in [0.2, 0.25) is 0 Å². The van der Waals surface area contributed by atoms with Crippen molar-refractivity contribution in [2.24, 2.45) is 11.8 Å². The van der Waals surface area contributed by atoms with Crippen LogP contribution >= 0.6 is 0 Å². The first-order valence-electron chi connectivity index (χ1n) is 3.56. The molecule has 0 bridgehead atoms. The topological polar surface area (TPSA) is 40.5 Å². The molecule has 1 rings (SSSR count). The Morgan fingerprint density at radius 1 is 1.36 bits per heavy atom. The maximum absolute atomic E-state index is 9.25. The zero-order valence-corrected chi connectivity index (χ0v) is 9.32. The second kappa shape index (κ2) is 4.96. The molecule has 0 amide bonds. The van der Waals surface area contributed by atoms with Crippen molar-refractivity contribution in [3.05, 3.63) is 6.92 Å².